The lowest BCUT2D eigenvalue weighted by atomic mass is 9.83. The third-order valence-electron chi connectivity index (χ3n) is 3.47. The summed E-state index contributed by atoms with van der Waals surface area (Å²) < 4.78 is 0. The summed E-state index contributed by atoms with van der Waals surface area (Å²) >= 11 is 0. The zero-order chi connectivity index (χ0) is 13.8. The fraction of sp³-hybridized carbons (Fsp3) is 0.429. The van der Waals surface area contributed by atoms with Crippen LogP contribution in [-0.2, 0) is 22.4 Å². The lowest BCUT2D eigenvalue weighted by molar-refractivity contribution is -0.146. The van der Waals surface area contributed by atoms with Crippen LogP contribution in [0.25, 0.3) is 0 Å². The van der Waals surface area contributed by atoms with Gasteiger partial charge in [-0.15, -0.1) is 0 Å². The first kappa shape index (κ1) is 13.5. The minimum atomic E-state index is -1.54. The number of carboxylic acid groups (broad SMARTS) is 1. The predicted octanol–water partition coefficient (Wildman–Crippen LogP) is 0.353. The molecule has 0 saturated heterocycles. The van der Waals surface area contributed by atoms with Crippen LogP contribution in [-0.4, -0.2) is 34.7 Å². The van der Waals surface area contributed by atoms with Crippen LogP contribution in [0.15, 0.2) is 24.3 Å². The van der Waals surface area contributed by atoms with Crippen molar-refractivity contribution in [1.82, 2.24) is 5.32 Å². The molecule has 3 N–H and O–H groups in total. The highest BCUT2D eigenvalue weighted by Gasteiger charge is 2.25. The fourth-order valence-electron chi connectivity index (χ4n) is 2.35. The summed E-state index contributed by atoms with van der Waals surface area (Å²) in [4.78, 5) is 22.4. The second-order valence-electron chi connectivity index (χ2n) is 4.81. The second-order valence-corrected chi connectivity index (χ2v) is 4.81. The highest BCUT2D eigenvalue weighted by atomic mass is 16.4. The number of benzene rings is 1. The van der Waals surface area contributed by atoms with E-state index in [-0.39, 0.29) is 18.4 Å². The molecule has 0 saturated carbocycles. The molecule has 19 heavy (non-hydrogen) atoms. The van der Waals surface area contributed by atoms with Gasteiger partial charge in [0, 0.05) is 5.92 Å². The Morgan fingerprint density at radius 1 is 1.32 bits per heavy atom. The van der Waals surface area contributed by atoms with Crippen molar-refractivity contribution in [3.63, 3.8) is 0 Å². The van der Waals surface area contributed by atoms with Crippen LogP contribution < -0.4 is 5.32 Å². The molecule has 1 amide bonds. The number of aryl methyl sites for hydroxylation is 1. The lowest BCUT2D eigenvalue weighted by Gasteiger charge is -2.24. The van der Waals surface area contributed by atoms with Gasteiger partial charge in [-0.3, -0.25) is 4.79 Å². The Labute approximate surface area is 111 Å². The number of rotatable bonds is 4. The van der Waals surface area contributed by atoms with Gasteiger partial charge in [-0.1, -0.05) is 24.3 Å². The third kappa shape index (κ3) is 3.32. The molecule has 0 spiro atoms. The van der Waals surface area contributed by atoms with E-state index in [0.29, 0.717) is 6.42 Å². The Morgan fingerprint density at radius 3 is 2.68 bits per heavy atom. The molecule has 0 bridgehead atoms. The summed E-state index contributed by atoms with van der Waals surface area (Å²) in [5, 5.41) is 20.1. The van der Waals surface area contributed by atoms with Crippen LogP contribution in [0.3, 0.4) is 0 Å². The van der Waals surface area contributed by atoms with E-state index in [0.717, 1.165) is 12.8 Å². The van der Waals surface area contributed by atoms with Crippen LogP contribution in [0.4, 0.5) is 0 Å². The third-order valence-corrected chi connectivity index (χ3v) is 3.47. The van der Waals surface area contributed by atoms with Crippen LogP contribution in [0.2, 0.25) is 0 Å². The van der Waals surface area contributed by atoms with Gasteiger partial charge in [0.15, 0.2) is 6.10 Å². The summed E-state index contributed by atoms with van der Waals surface area (Å²) in [6.45, 7) is -0.244. The van der Waals surface area contributed by atoms with E-state index < -0.39 is 12.1 Å². The molecule has 0 aromatic heterocycles. The van der Waals surface area contributed by atoms with Gasteiger partial charge in [-0.05, 0) is 30.4 Å². The maximum atomic E-state index is 11.9. The van der Waals surface area contributed by atoms with Crippen molar-refractivity contribution in [3.8, 4) is 0 Å². The van der Waals surface area contributed by atoms with E-state index in [4.69, 9.17) is 10.2 Å². The zero-order valence-electron chi connectivity index (χ0n) is 10.5. The highest BCUT2D eigenvalue weighted by Crippen LogP contribution is 2.25. The fourth-order valence-corrected chi connectivity index (χ4v) is 2.35. The smallest absolute Gasteiger partial charge is 0.334 e. The molecule has 5 nitrogen and oxygen atoms in total. The van der Waals surface area contributed by atoms with E-state index in [2.05, 4.69) is 11.4 Å². The molecule has 102 valence electrons. The number of fused-ring (bicyclic) bond motifs is 1. The Hall–Kier alpha value is -1.88. The van der Waals surface area contributed by atoms with Crippen molar-refractivity contribution < 1.29 is 19.8 Å². The minimum absolute atomic E-state index is 0.143. The predicted molar refractivity (Wildman–Crippen MR) is 68.6 cm³/mol. The summed E-state index contributed by atoms with van der Waals surface area (Å²) in [6, 6.07) is 8.02. The van der Waals surface area contributed by atoms with E-state index in [1.807, 2.05) is 18.2 Å². The van der Waals surface area contributed by atoms with E-state index >= 15 is 0 Å². The van der Waals surface area contributed by atoms with Gasteiger partial charge < -0.3 is 15.5 Å². The molecule has 0 radical (unpaired) electrons. The Kier molecular flexibility index (Phi) is 4.16. The number of aliphatic hydroxyl groups excluding tert-OH is 1. The molecule has 1 aromatic rings. The number of hydrogen-bond acceptors (Lipinski definition) is 3. The SMILES string of the molecule is O=C(O)C(O)CNC(=O)C1CCc2ccccc2C1. The van der Waals surface area contributed by atoms with Gasteiger partial charge in [-0.25, -0.2) is 4.79 Å². The summed E-state index contributed by atoms with van der Waals surface area (Å²) in [5.74, 6) is -1.65. The molecule has 0 aliphatic heterocycles. The minimum Gasteiger partial charge on any atom is -0.479 e. The lowest BCUT2D eigenvalue weighted by Crippen LogP contribution is -2.40. The van der Waals surface area contributed by atoms with Gasteiger partial charge in [0.05, 0.1) is 6.54 Å². The molecule has 2 atom stereocenters. The van der Waals surface area contributed by atoms with Gasteiger partial charge in [0.25, 0.3) is 0 Å². The van der Waals surface area contributed by atoms with Crippen molar-refractivity contribution in [2.75, 3.05) is 6.54 Å². The standard InChI is InChI=1S/C14H17NO4/c16-12(14(18)19)8-15-13(17)11-6-5-9-3-1-2-4-10(9)7-11/h1-4,11-12,16H,5-8H2,(H,15,17)(H,18,19). The first-order chi connectivity index (χ1) is 9.08. The number of aliphatic carboxylic acids is 1. The molecule has 0 fully saturated rings. The van der Waals surface area contributed by atoms with E-state index in [1.54, 1.807) is 0 Å². The molecule has 1 aromatic carbocycles. The first-order valence-electron chi connectivity index (χ1n) is 6.33. The molecule has 1 aliphatic rings. The molecule has 0 heterocycles. The van der Waals surface area contributed by atoms with Crippen LogP contribution >= 0.6 is 0 Å². The van der Waals surface area contributed by atoms with Crippen LogP contribution in [0.1, 0.15) is 17.5 Å². The van der Waals surface area contributed by atoms with Crippen LogP contribution in [0.5, 0.6) is 0 Å². The van der Waals surface area contributed by atoms with Crippen molar-refractivity contribution >= 4 is 11.9 Å². The van der Waals surface area contributed by atoms with Gasteiger partial charge in [0.1, 0.15) is 0 Å². The van der Waals surface area contributed by atoms with E-state index in [1.165, 1.54) is 11.1 Å². The second kappa shape index (κ2) is 5.84. The molecule has 5 heteroatoms. The number of amides is 1. The van der Waals surface area contributed by atoms with E-state index in [9.17, 15) is 9.59 Å². The van der Waals surface area contributed by atoms with Crippen molar-refractivity contribution in [2.24, 2.45) is 5.92 Å². The van der Waals surface area contributed by atoms with Gasteiger partial charge in [0.2, 0.25) is 5.91 Å². The number of carboxylic acids is 1. The highest BCUT2D eigenvalue weighted by molar-refractivity contribution is 5.80. The van der Waals surface area contributed by atoms with Crippen LogP contribution in [0, 0.1) is 5.92 Å². The zero-order valence-corrected chi connectivity index (χ0v) is 10.5. The number of carbonyl (C=O) groups is 2. The summed E-state index contributed by atoms with van der Waals surface area (Å²) in [5.41, 5.74) is 2.45. The van der Waals surface area contributed by atoms with Gasteiger partial charge >= 0.3 is 5.97 Å². The Morgan fingerprint density at radius 2 is 2.00 bits per heavy atom. The Balaban J connectivity index is 1.90. The molecule has 2 unspecified atom stereocenters. The maximum absolute atomic E-state index is 11.9. The molecule has 1 aliphatic carbocycles. The number of nitrogens with one attached hydrogen (secondary N) is 1. The largest absolute Gasteiger partial charge is 0.479 e. The Bertz CT molecular complexity index is 486. The average Bonchev–Trinajstić information content (AvgIpc) is 2.43. The molecular formula is C14H17NO4. The number of hydrogen-bond donors (Lipinski definition) is 3. The number of aliphatic hydroxyl groups is 1. The molecular weight excluding hydrogens is 246 g/mol. The topological polar surface area (TPSA) is 86.6 Å². The first-order valence-corrected chi connectivity index (χ1v) is 6.33. The maximum Gasteiger partial charge on any atom is 0.334 e. The van der Waals surface area contributed by atoms with Crippen molar-refractivity contribution in [1.29, 1.82) is 0 Å². The monoisotopic (exact) mass is 263 g/mol. The normalized spacial score (nSPS) is 19.3. The summed E-state index contributed by atoms with van der Waals surface area (Å²) in [6.07, 6.45) is 0.743. The molecule has 2 rings (SSSR count). The summed E-state index contributed by atoms with van der Waals surface area (Å²) in [7, 11) is 0. The van der Waals surface area contributed by atoms with Crippen molar-refractivity contribution in [2.45, 2.75) is 25.4 Å². The van der Waals surface area contributed by atoms with Gasteiger partial charge in [-0.2, -0.15) is 0 Å². The van der Waals surface area contributed by atoms with Crippen molar-refractivity contribution in [3.05, 3.63) is 35.4 Å². The number of carbonyl (C=O) groups excluding carboxylic acids is 1. The average molecular weight is 263 g/mol. The quantitative estimate of drug-likeness (QED) is 0.731.